The van der Waals surface area contributed by atoms with Crippen LogP contribution in [-0.2, 0) is 4.74 Å². The highest BCUT2D eigenvalue weighted by Gasteiger charge is 2.19. The Balaban J connectivity index is 1.72. The number of anilines is 1. The van der Waals surface area contributed by atoms with Gasteiger partial charge in [0.1, 0.15) is 11.6 Å². The Morgan fingerprint density at radius 2 is 1.81 bits per heavy atom. The minimum absolute atomic E-state index is 0.117. The summed E-state index contributed by atoms with van der Waals surface area (Å²) in [7, 11) is 1.69. The molecule has 2 aromatic rings. The summed E-state index contributed by atoms with van der Waals surface area (Å²) in [5.74, 6) is -2.20. The first-order valence-corrected chi connectivity index (χ1v) is 8.58. The predicted molar refractivity (Wildman–Crippen MR) is 94.8 cm³/mol. The summed E-state index contributed by atoms with van der Waals surface area (Å²) in [6, 6.07) is 4.42. The van der Waals surface area contributed by atoms with Crippen LogP contribution < -0.4 is 4.90 Å². The molecular formula is C19H22F3N3O. The number of hydrogen-bond acceptors (Lipinski definition) is 4. The van der Waals surface area contributed by atoms with Crippen LogP contribution in [0.1, 0.15) is 5.56 Å². The summed E-state index contributed by atoms with van der Waals surface area (Å²) in [6.45, 7) is 6.32. The summed E-state index contributed by atoms with van der Waals surface area (Å²) >= 11 is 0. The molecule has 0 N–H and O–H groups in total. The zero-order chi connectivity index (χ0) is 18.7. The number of rotatable bonds is 5. The normalized spacial score (nSPS) is 15.5. The molecular weight excluding hydrogens is 343 g/mol. The standard InChI is InChI=1S/C19H22F3N3O/c1-13-16(20)11-15(19(22)18(13)21)14-3-4-17(23-12-14)25-7-5-24(6-8-25)9-10-26-2/h3-4,11-12H,5-10H2,1-2H3. The average Bonchev–Trinajstić information content (AvgIpc) is 2.68. The maximum absolute atomic E-state index is 14.1. The van der Waals surface area contributed by atoms with E-state index in [2.05, 4.69) is 14.8 Å². The van der Waals surface area contributed by atoms with E-state index in [9.17, 15) is 13.2 Å². The summed E-state index contributed by atoms with van der Waals surface area (Å²) < 4.78 is 46.8. The Morgan fingerprint density at radius 3 is 2.42 bits per heavy atom. The highest BCUT2D eigenvalue weighted by atomic mass is 19.2. The van der Waals surface area contributed by atoms with Gasteiger partial charge in [0.15, 0.2) is 11.6 Å². The zero-order valence-corrected chi connectivity index (χ0v) is 14.9. The van der Waals surface area contributed by atoms with E-state index in [-0.39, 0.29) is 11.1 Å². The second-order valence-electron chi connectivity index (χ2n) is 6.39. The highest BCUT2D eigenvalue weighted by Crippen LogP contribution is 2.28. The fourth-order valence-corrected chi connectivity index (χ4v) is 3.05. The van der Waals surface area contributed by atoms with Crippen molar-refractivity contribution < 1.29 is 17.9 Å². The molecule has 26 heavy (non-hydrogen) atoms. The predicted octanol–water partition coefficient (Wildman–Crippen LogP) is 3.24. The van der Waals surface area contributed by atoms with Crippen molar-refractivity contribution >= 4 is 5.82 Å². The minimum atomic E-state index is -1.16. The van der Waals surface area contributed by atoms with Gasteiger partial charge >= 0.3 is 0 Å². The molecule has 0 unspecified atom stereocenters. The number of aromatic nitrogens is 1. The topological polar surface area (TPSA) is 28.6 Å². The number of methoxy groups -OCH3 is 1. The molecule has 0 aliphatic carbocycles. The third-order valence-electron chi connectivity index (χ3n) is 4.75. The van der Waals surface area contributed by atoms with Crippen LogP contribution in [0.2, 0.25) is 0 Å². The summed E-state index contributed by atoms with van der Waals surface area (Å²) in [4.78, 5) is 8.82. The van der Waals surface area contributed by atoms with Crippen LogP contribution in [0, 0.1) is 24.4 Å². The molecule has 1 aromatic carbocycles. The molecule has 140 valence electrons. The van der Waals surface area contributed by atoms with Crippen LogP contribution in [0.25, 0.3) is 11.1 Å². The van der Waals surface area contributed by atoms with Crippen molar-refractivity contribution in [3.05, 3.63) is 47.4 Å². The fourth-order valence-electron chi connectivity index (χ4n) is 3.05. The quantitative estimate of drug-likeness (QED) is 0.761. The van der Waals surface area contributed by atoms with Crippen molar-refractivity contribution in [1.29, 1.82) is 0 Å². The molecule has 3 rings (SSSR count). The van der Waals surface area contributed by atoms with Crippen molar-refractivity contribution in [2.45, 2.75) is 6.92 Å². The van der Waals surface area contributed by atoms with Gasteiger partial charge < -0.3 is 9.64 Å². The van der Waals surface area contributed by atoms with E-state index in [1.807, 2.05) is 0 Å². The SMILES string of the molecule is COCCN1CCN(c2ccc(-c3cc(F)c(C)c(F)c3F)cn2)CC1. The zero-order valence-electron chi connectivity index (χ0n) is 14.9. The van der Waals surface area contributed by atoms with E-state index in [0.29, 0.717) is 12.2 Å². The summed E-state index contributed by atoms with van der Waals surface area (Å²) in [6.07, 6.45) is 1.46. The molecule has 0 radical (unpaired) electrons. The molecule has 1 fully saturated rings. The van der Waals surface area contributed by atoms with Crippen molar-refractivity contribution in [3.63, 3.8) is 0 Å². The lowest BCUT2D eigenvalue weighted by Gasteiger charge is -2.35. The van der Waals surface area contributed by atoms with Gasteiger partial charge in [0.2, 0.25) is 0 Å². The van der Waals surface area contributed by atoms with Crippen LogP contribution in [0.3, 0.4) is 0 Å². The van der Waals surface area contributed by atoms with E-state index in [1.54, 1.807) is 19.2 Å². The highest BCUT2D eigenvalue weighted by molar-refractivity contribution is 5.65. The van der Waals surface area contributed by atoms with Gasteiger partial charge in [-0.2, -0.15) is 0 Å². The number of hydrogen-bond donors (Lipinski definition) is 0. The molecule has 1 aromatic heterocycles. The van der Waals surface area contributed by atoms with Crippen molar-refractivity contribution in [2.24, 2.45) is 0 Å². The molecule has 0 atom stereocenters. The van der Waals surface area contributed by atoms with Crippen molar-refractivity contribution in [3.8, 4) is 11.1 Å². The van der Waals surface area contributed by atoms with Gasteiger partial charge in [-0.15, -0.1) is 0 Å². The first kappa shape index (κ1) is 18.7. The van der Waals surface area contributed by atoms with Crippen molar-refractivity contribution in [1.82, 2.24) is 9.88 Å². The van der Waals surface area contributed by atoms with Gasteiger partial charge in [0, 0.05) is 62.7 Å². The lowest BCUT2D eigenvalue weighted by molar-refractivity contribution is 0.144. The van der Waals surface area contributed by atoms with Gasteiger partial charge in [-0.05, 0) is 25.1 Å². The Kier molecular flexibility index (Phi) is 5.78. The van der Waals surface area contributed by atoms with Crippen LogP contribution >= 0.6 is 0 Å². The Bertz CT molecular complexity index is 760. The third-order valence-corrected chi connectivity index (χ3v) is 4.75. The molecule has 7 heteroatoms. The average molecular weight is 365 g/mol. The Labute approximate surface area is 151 Å². The van der Waals surface area contributed by atoms with Crippen LogP contribution in [0.15, 0.2) is 24.4 Å². The number of halogens is 3. The summed E-state index contributed by atoms with van der Waals surface area (Å²) in [5.41, 5.74) is -0.0843. The number of pyridine rings is 1. The molecule has 0 saturated carbocycles. The van der Waals surface area contributed by atoms with E-state index in [1.165, 1.54) is 13.1 Å². The lowest BCUT2D eigenvalue weighted by atomic mass is 10.0. The lowest BCUT2D eigenvalue weighted by Crippen LogP contribution is -2.47. The fraction of sp³-hybridized carbons (Fsp3) is 0.421. The second kappa shape index (κ2) is 8.05. The molecule has 2 heterocycles. The molecule has 0 spiro atoms. The van der Waals surface area contributed by atoms with Gasteiger partial charge in [-0.3, -0.25) is 4.90 Å². The van der Waals surface area contributed by atoms with Gasteiger partial charge in [0.25, 0.3) is 0 Å². The number of piperazine rings is 1. The smallest absolute Gasteiger partial charge is 0.167 e. The molecule has 0 amide bonds. The van der Waals surface area contributed by atoms with Gasteiger partial charge in [-0.1, -0.05) is 0 Å². The van der Waals surface area contributed by atoms with Gasteiger partial charge in [0.05, 0.1) is 6.61 Å². The molecule has 1 saturated heterocycles. The van der Waals surface area contributed by atoms with E-state index in [4.69, 9.17) is 4.74 Å². The number of benzene rings is 1. The van der Waals surface area contributed by atoms with Crippen LogP contribution in [0.5, 0.6) is 0 Å². The van der Waals surface area contributed by atoms with E-state index in [0.717, 1.165) is 44.6 Å². The Hall–Kier alpha value is -2.12. The van der Waals surface area contributed by atoms with Crippen LogP contribution in [0.4, 0.5) is 19.0 Å². The van der Waals surface area contributed by atoms with E-state index < -0.39 is 17.5 Å². The molecule has 4 nitrogen and oxygen atoms in total. The molecule has 1 aliphatic rings. The number of nitrogens with zero attached hydrogens (tertiary/aromatic N) is 3. The largest absolute Gasteiger partial charge is 0.383 e. The minimum Gasteiger partial charge on any atom is -0.383 e. The first-order valence-electron chi connectivity index (χ1n) is 8.58. The Morgan fingerprint density at radius 1 is 1.08 bits per heavy atom. The summed E-state index contributed by atoms with van der Waals surface area (Å²) in [5, 5.41) is 0. The third kappa shape index (κ3) is 3.83. The van der Waals surface area contributed by atoms with Gasteiger partial charge in [-0.25, -0.2) is 18.2 Å². The maximum Gasteiger partial charge on any atom is 0.167 e. The van der Waals surface area contributed by atoms with Crippen LogP contribution in [-0.4, -0.2) is 56.3 Å². The monoisotopic (exact) mass is 365 g/mol. The number of ether oxygens (including phenoxy) is 1. The maximum atomic E-state index is 14.1. The van der Waals surface area contributed by atoms with Crippen molar-refractivity contribution in [2.75, 3.05) is 51.3 Å². The van der Waals surface area contributed by atoms with E-state index >= 15 is 0 Å². The first-order chi connectivity index (χ1) is 12.5. The molecule has 0 bridgehead atoms. The second-order valence-corrected chi connectivity index (χ2v) is 6.39. The molecule has 1 aliphatic heterocycles.